The zero-order valence-corrected chi connectivity index (χ0v) is 10.2. The average molecular weight is 245 g/mol. The van der Waals surface area contributed by atoms with E-state index < -0.39 is 0 Å². The molecule has 0 saturated heterocycles. The predicted octanol–water partition coefficient (Wildman–Crippen LogP) is 1.52. The first kappa shape index (κ1) is 12.3. The summed E-state index contributed by atoms with van der Waals surface area (Å²) in [5, 5.41) is 0. The van der Waals surface area contributed by atoms with E-state index in [1.165, 1.54) is 0 Å². The lowest BCUT2D eigenvalue weighted by atomic mass is 10.2. The van der Waals surface area contributed by atoms with Crippen molar-refractivity contribution >= 4 is 0 Å². The maximum Gasteiger partial charge on any atom is 0.316 e. The highest BCUT2D eigenvalue weighted by molar-refractivity contribution is 5.28. The van der Waals surface area contributed by atoms with Gasteiger partial charge in [-0.05, 0) is 23.8 Å². The summed E-state index contributed by atoms with van der Waals surface area (Å²) in [6, 6.07) is 9.75. The Bertz CT molecular complexity index is 470. The van der Waals surface area contributed by atoms with E-state index in [-0.39, 0.29) is 0 Å². The van der Waals surface area contributed by atoms with Crippen LogP contribution in [0.25, 0.3) is 0 Å². The third kappa shape index (κ3) is 3.18. The lowest BCUT2D eigenvalue weighted by Crippen LogP contribution is -2.04. The number of ether oxygens (including phenoxy) is 2. The Labute approximate surface area is 106 Å². The minimum Gasteiger partial charge on any atom is -0.497 e. The van der Waals surface area contributed by atoms with E-state index in [4.69, 9.17) is 15.2 Å². The first-order chi connectivity index (χ1) is 8.81. The fourth-order valence-corrected chi connectivity index (χ4v) is 1.47. The van der Waals surface area contributed by atoms with Crippen LogP contribution in [0.3, 0.4) is 0 Å². The topological polar surface area (TPSA) is 70.3 Å². The number of methoxy groups -OCH3 is 1. The van der Waals surface area contributed by atoms with Gasteiger partial charge in [-0.25, -0.2) is 4.98 Å². The van der Waals surface area contributed by atoms with E-state index in [1.54, 1.807) is 19.4 Å². The van der Waals surface area contributed by atoms with E-state index in [0.29, 0.717) is 19.2 Å². The van der Waals surface area contributed by atoms with Gasteiger partial charge in [-0.15, -0.1) is 0 Å². The monoisotopic (exact) mass is 245 g/mol. The van der Waals surface area contributed by atoms with Crippen LogP contribution >= 0.6 is 0 Å². The Kier molecular flexibility index (Phi) is 4.09. The van der Waals surface area contributed by atoms with Crippen molar-refractivity contribution in [2.45, 2.75) is 13.2 Å². The predicted molar refractivity (Wildman–Crippen MR) is 67.2 cm³/mol. The molecular formula is C13H15N3O2. The van der Waals surface area contributed by atoms with Crippen LogP contribution in [-0.2, 0) is 13.2 Å². The largest absolute Gasteiger partial charge is 0.497 e. The second kappa shape index (κ2) is 5.97. The molecule has 0 spiro atoms. The highest BCUT2D eigenvalue weighted by Gasteiger charge is 2.01. The fourth-order valence-electron chi connectivity index (χ4n) is 1.47. The molecule has 0 saturated carbocycles. The molecule has 0 unspecified atom stereocenters. The van der Waals surface area contributed by atoms with Crippen LogP contribution in [0, 0.1) is 0 Å². The van der Waals surface area contributed by atoms with Crippen LogP contribution in [0.4, 0.5) is 0 Å². The Balaban J connectivity index is 2.01. The van der Waals surface area contributed by atoms with Crippen molar-refractivity contribution in [3.63, 3.8) is 0 Å². The lowest BCUT2D eigenvalue weighted by molar-refractivity contribution is 0.279. The van der Waals surface area contributed by atoms with Gasteiger partial charge in [0.15, 0.2) is 0 Å². The van der Waals surface area contributed by atoms with E-state index in [1.807, 2.05) is 24.3 Å². The third-order valence-electron chi connectivity index (χ3n) is 2.40. The SMILES string of the molecule is COc1cccc(COc2nccc(CN)n2)c1. The van der Waals surface area contributed by atoms with Crippen LogP contribution in [0.15, 0.2) is 36.5 Å². The van der Waals surface area contributed by atoms with Crippen molar-refractivity contribution in [3.8, 4) is 11.8 Å². The van der Waals surface area contributed by atoms with E-state index in [9.17, 15) is 0 Å². The molecule has 0 aliphatic carbocycles. The number of hydrogen-bond donors (Lipinski definition) is 1. The number of rotatable bonds is 5. The van der Waals surface area contributed by atoms with Gasteiger partial charge in [-0.3, -0.25) is 0 Å². The van der Waals surface area contributed by atoms with Gasteiger partial charge in [0, 0.05) is 12.7 Å². The minimum atomic E-state index is 0.334. The van der Waals surface area contributed by atoms with Gasteiger partial charge in [-0.1, -0.05) is 12.1 Å². The normalized spacial score (nSPS) is 10.1. The maximum absolute atomic E-state index is 5.50. The molecule has 1 aromatic heterocycles. The third-order valence-corrected chi connectivity index (χ3v) is 2.40. The summed E-state index contributed by atoms with van der Waals surface area (Å²) in [7, 11) is 1.63. The molecule has 2 rings (SSSR count). The first-order valence-electron chi connectivity index (χ1n) is 5.59. The van der Waals surface area contributed by atoms with Crippen LogP contribution in [0.1, 0.15) is 11.3 Å². The molecule has 0 bridgehead atoms. The van der Waals surface area contributed by atoms with Crippen LogP contribution < -0.4 is 15.2 Å². The van der Waals surface area contributed by atoms with Gasteiger partial charge < -0.3 is 15.2 Å². The van der Waals surface area contributed by atoms with Crippen LogP contribution in [-0.4, -0.2) is 17.1 Å². The van der Waals surface area contributed by atoms with Crippen molar-refractivity contribution in [1.29, 1.82) is 0 Å². The Morgan fingerprint density at radius 1 is 1.28 bits per heavy atom. The smallest absolute Gasteiger partial charge is 0.316 e. The minimum absolute atomic E-state index is 0.334. The van der Waals surface area contributed by atoms with Crippen molar-refractivity contribution in [2.75, 3.05) is 7.11 Å². The molecule has 5 nitrogen and oxygen atoms in total. The molecule has 1 heterocycles. The molecule has 2 aromatic rings. The molecule has 2 N–H and O–H groups in total. The first-order valence-corrected chi connectivity index (χ1v) is 5.59. The molecule has 5 heteroatoms. The zero-order chi connectivity index (χ0) is 12.8. The summed E-state index contributed by atoms with van der Waals surface area (Å²) in [5.41, 5.74) is 7.25. The molecule has 0 fully saturated rings. The van der Waals surface area contributed by atoms with Crippen LogP contribution in [0.2, 0.25) is 0 Å². The van der Waals surface area contributed by atoms with Gasteiger partial charge in [0.2, 0.25) is 0 Å². The molecule has 0 amide bonds. The van der Waals surface area contributed by atoms with Crippen molar-refractivity contribution < 1.29 is 9.47 Å². The van der Waals surface area contributed by atoms with Crippen molar-refractivity contribution in [2.24, 2.45) is 5.73 Å². The summed E-state index contributed by atoms with van der Waals surface area (Å²) < 4.78 is 10.6. The van der Waals surface area contributed by atoms with E-state index in [0.717, 1.165) is 17.0 Å². The Morgan fingerprint density at radius 2 is 2.17 bits per heavy atom. The van der Waals surface area contributed by atoms with Gasteiger partial charge in [-0.2, -0.15) is 4.98 Å². The lowest BCUT2D eigenvalue weighted by Gasteiger charge is -2.06. The second-order valence-electron chi connectivity index (χ2n) is 3.67. The summed E-state index contributed by atoms with van der Waals surface area (Å²) in [5.74, 6) is 0.799. The average Bonchev–Trinajstić information content (AvgIpc) is 2.45. The fraction of sp³-hybridized carbons (Fsp3) is 0.231. The highest BCUT2D eigenvalue weighted by Crippen LogP contribution is 2.14. The summed E-state index contributed by atoms with van der Waals surface area (Å²) >= 11 is 0. The molecular weight excluding hydrogens is 230 g/mol. The quantitative estimate of drug-likeness (QED) is 0.864. The summed E-state index contributed by atoms with van der Waals surface area (Å²) in [6.45, 7) is 0.767. The van der Waals surface area contributed by atoms with Crippen LogP contribution in [0.5, 0.6) is 11.8 Å². The molecule has 0 atom stereocenters. The second-order valence-corrected chi connectivity index (χ2v) is 3.67. The number of nitrogens with zero attached hydrogens (tertiary/aromatic N) is 2. The standard InChI is InChI=1S/C13H15N3O2/c1-17-12-4-2-3-10(7-12)9-18-13-15-6-5-11(8-14)16-13/h2-7H,8-9,14H2,1H3. The summed E-state index contributed by atoms with van der Waals surface area (Å²) in [4.78, 5) is 8.18. The van der Waals surface area contributed by atoms with E-state index >= 15 is 0 Å². The van der Waals surface area contributed by atoms with Crippen molar-refractivity contribution in [1.82, 2.24) is 9.97 Å². The molecule has 1 aromatic carbocycles. The Hall–Kier alpha value is -2.14. The molecule has 0 aliphatic heterocycles. The van der Waals surface area contributed by atoms with Gasteiger partial charge in [0.1, 0.15) is 12.4 Å². The van der Waals surface area contributed by atoms with Gasteiger partial charge >= 0.3 is 6.01 Å². The number of nitrogens with two attached hydrogens (primary N) is 1. The molecule has 18 heavy (non-hydrogen) atoms. The maximum atomic E-state index is 5.50. The number of benzene rings is 1. The highest BCUT2D eigenvalue weighted by atomic mass is 16.5. The summed E-state index contributed by atoms with van der Waals surface area (Å²) in [6.07, 6.45) is 1.64. The zero-order valence-electron chi connectivity index (χ0n) is 10.2. The van der Waals surface area contributed by atoms with Crippen molar-refractivity contribution in [3.05, 3.63) is 47.8 Å². The number of aromatic nitrogens is 2. The molecule has 0 aliphatic rings. The van der Waals surface area contributed by atoms with E-state index in [2.05, 4.69) is 9.97 Å². The van der Waals surface area contributed by atoms with Gasteiger partial charge in [0.05, 0.1) is 12.8 Å². The Morgan fingerprint density at radius 3 is 2.94 bits per heavy atom. The number of hydrogen-bond acceptors (Lipinski definition) is 5. The van der Waals surface area contributed by atoms with Gasteiger partial charge in [0.25, 0.3) is 0 Å². The molecule has 0 radical (unpaired) electrons. The molecule has 94 valence electrons.